The van der Waals surface area contributed by atoms with E-state index in [9.17, 15) is 47.9 Å². The van der Waals surface area contributed by atoms with Gasteiger partial charge < -0.3 is 49.5 Å². The van der Waals surface area contributed by atoms with Gasteiger partial charge in [0.15, 0.2) is 5.14 Å². The lowest BCUT2D eigenvalue weighted by Crippen LogP contribution is -2.52. The van der Waals surface area contributed by atoms with Gasteiger partial charge in [-0.25, -0.2) is 39.1 Å². The number of unbranched alkanes of at least 4 members (excludes halogenated alkanes) is 1. The first-order chi connectivity index (χ1) is 43.5. The van der Waals surface area contributed by atoms with Gasteiger partial charge in [0.05, 0.1) is 24.7 Å². The second kappa shape index (κ2) is 32.6. The first-order valence-corrected chi connectivity index (χ1v) is 30.5. The Hall–Kier alpha value is -8.78. The SMILES string of the molecule is CCc1cc(Nc2cc(=O)n(CCCCN3CCN(c4ncc5c(=O)c(C(=O)O)cn(CC)c5n4)CC3C)c(=O)[nH]2)ccc1C.CCn1cc(C(=O)O)c(=O)c2cnc(C)nc21.CCn1cc(C(=O)O)c(=O)c2cnc(N3CCNC(C)C3)nc21.C[B]I.[2H]CF. The summed E-state index contributed by atoms with van der Waals surface area (Å²) in [4.78, 5) is 131. The molecule has 8 aromatic rings. The molecule has 6 N–H and O–H groups in total. The number of aromatic nitrogens is 11. The summed E-state index contributed by atoms with van der Waals surface area (Å²) < 4.78 is 21.7. The molecule has 2 atom stereocenters. The molecule has 0 aliphatic carbocycles. The standard InChI is InChI=1S/C32H40N8O5.C15H19N5O3.C11H11N3O3.CH3BI.CH3F/c1-5-22-15-23(10-9-20(22)3)34-26-16-27(41)40(32(45)35-26)12-8-7-11-38-13-14-39(18-21(38)4)31-33-17-24-28(42)25(30(43)44)19-37(6-2)29(24)36-31;1-3-19-8-11(14(22)23)12(21)10-6-17-15(18-13(10)19)20-5-4-16-9(2)7-20;1-3-14-5-8(11(16)17)9(15)7-4-12-6(2)13-10(7)14;1-2-3;1-2/h9-10,15-17,19,21,34H,5-8,11-14,18H2,1-4H3,(H,35,45)(H,43,44);6,8-9,16H,3-5,7H2,1-2H3,(H,22,23);4-5H,3H2,1-2H3,(H,16,17);1H3;1H3/i;;;;1D. The lowest BCUT2D eigenvalue weighted by atomic mass is 10.1. The molecular formula is C60H76BFIN16O11. The summed E-state index contributed by atoms with van der Waals surface area (Å²) in [5.74, 6) is -1.76. The third-order valence-electron chi connectivity index (χ3n) is 15.1. The number of hydrogen-bond acceptors (Lipinski definition) is 19. The van der Waals surface area contributed by atoms with Crippen LogP contribution >= 0.6 is 22.4 Å². The Kier molecular flexibility index (Phi) is 24.9. The van der Waals surface area contributed by atoms with Crippen molar-refractivity contribution in [2.24, 2.45) is 0 Å². The number of aryl methyl sites for hydroxylation is 6. The van der Waals surface area contributed by atoms with Crippen LogP contribution in [0.25, 0.3) is 33.1 Å². The van der Waals surface area contributed by atoms with Gasteiger partial charge in [-0.2, -0.15) is 32.3 Å². The smallest absolute Gasteiger partial charge is 0.341 e. The highest BCUT2D eigenvalue weighted by molar-refractivity contribution is 14.1. The molecule has 0 bridgehead atoms. The molecule has 1 radical (unpaired) electrons. The Morgan fingerprint density at radius 2 is 1.19 bits per heavy atom. The van der Waals surface area contributed by atoms with E-state index in [0.29, 0.717) is 92.2 Å². The van der Waals surface area contributed by atoms with Crippen LogP contribution in [0, 0.1) is 13.8 Å². The predicted octanol–water partition coefficient (Wildman–Crippen LogP) is 5.77. The van der Waals surface area contributed by atoms with Crippen LogP contribution in [0.3, 0.4) is 0 Å². The molecule has 0 spiro atoms. The Morgan fingerprint density at radius 3 is 1.64 bits per heavy atom. The Morgan fingerprint density at radius 1 is 0.711 bits per heavy atom. The normalized spacial score (nSPS) is 14.8. The third-order valence-corrected chi connectivity index (χ3v) is 15.1. The quantitative estimate of drug-likeness (QED) is 0.0380. The van der Waals surface area contributed by atoms with Crippen LogP contribution < -0.4 is 48.0 Å². The van der Waals surface area contributed by atoms with Gasteiger partial charge in [0.25, 0.3) is 5.56 Å². The van der Waals surface area contributed by atoms with E-state index in [2.05, 4.69) is 110 Å². The number of carboxylic acid groups (broad SMARTS) is 3. The van der Waals surface area contributed by atoms with Crippen LogP contribution in [0.1, 0.15) is 104 Å². The summed E-state index contributed by atoms with van der Waals surface area (Å²) >= 11 is 2.16. The zero-order valence-electron chi connectivity index (χ0n) is 52.8. The molecule has 7 aromatic heterocycles. The minimum atomic E-state index is -1.27. The van der Waals surface area contributed by atoms with Crippen molar-refractivity contribution >= 4 is 102 Å². The number of carboxylic acids is 3. The molecule has 2 fully saturated rings. The first kappa shape index (κ1) is 68.7. The van der Waals surface area contributed by atoms with E-state index in [-0.39, 0.29) is 44.5 Å². The minimum Gasteiger partial charge on any atom is -0.477 e. The van der Waals surface area contributed by atoms with Gasteiger partial charge in [-0.05, 0) is 97.5 Å². The minimum absolute atomic E-state index is 0.188. The molecular weight excluding hydrogens is 1280 g/mol. The molecule has 9 heterocycles. The van der Waals surface area contributed by atoms with Gasteiger partial charge in [0.2, 0.25) is 28.2 Å². The van der Waals surface area contributed by atoms with Crippen LogP contribution in [0.5, 0.6) is 0 Å². The summed E-state index contributed by atoms with van der Waals surface area (Å²) in [7, 11) is -1.00. The molecule has 2 unspecified atom stereocenters. The topological polar surface area (TPSA) is 344 Å². The van der Waals surface area contributed by atoms with Crippen LogP contribution in [0.2, 0.25) is 6.82 Å². The maximum Gasteiger partial charge on any atom is 0.341 e. The van der Waals surface area contributed by atoms with Crippen LogP contribution in [-0.4, -0.2) is 161 Å². The fraction of sp³-hybridized carbons (Fsp3) is 0.433. The number of pyridine rings is 3. The van der Waals surface area contributed by atoms with Gasteiger partial charge in [0, 0.05) is 126 Å². The number of fused-ring (bicyclic) bond motifs is 3. The second-order valence-electron chi connectivity index (χ2n) is 21.0. The van der Waals surface area contributed by atoms with E-state index in [1.807, 2.05) is 50.9 Å². The average molecular weight is 1360 g/mol. The van der Waals surface area contributed by atoms with E-state index >= 15 is 0 Å². The largest absolute Gasteiger partial charge is 0.477 e. The van der Waals surface area contributed by atoms with Crippen molar-refractivity contribution in [1.29, 1.82) is 0 Å². The lowest BCUT2D eigenvalue weighted by molar-refractivity contribution is 0.0684. The number of nitrogens with zero attached hydrogens (tertiary/aromatic N) is 13. The molecule has 479 valence electrons. The number of carbonyl (C=O) groups is 3. The van der Waals surface area contributed by atoms with Gasteiger partial charge in [-0.1, -0.05) is 19.8 Å². The monoisotopic (exact) mass is 1350 g/mol. The lowest BCUT2D eigenvalue weighted by Gasteiger charge is -2.40. The Labute approximate surface area is 532 Å². The average Bonchev–Trinajstić information content (AvgIpc) is 0.917. The highest BCUT2D eigenvalue weighted by Gasteiger charge is 2.27. The summed E-state index contributed by atoms with van der Waals surface area (Å²) in [5.41, 5.74) is 1.32. The van der Waals surface area contributed by atoms with Gasteiger partial charge >= 0.3 is 23.6 Å². The van der Waals surface area contributed by atoms with Crippen molar-refractivity contribution in [3.8, 4) is 0 Å². The molecule has 2 aliphatic rings. The maximum atomic E-state index is 12.8. The first-order valence-electron chi connectivity index (χ1n) is 30.0. The van der Waals surface area contributed by atoms with E-state index in [0.717, 1.165) is 51.3 Å². The summed E-state index contributed by atoms with van der Waals surface area (Å²) in [5, 5.41) is 36.6. The van der Waals surface area contributed by atoms with Gasteiger partial charge in [-0.15, -0.1) is 0 Å². The molecule has 30 heteroatoms. The highest BCUT2D eigenvalue weighted by atomic mass is 127. The predicted molar refractivity (Wildman–Crippen MR) is 354 cm³/mol. The van der Waals surface area contributed by atoms with Gasteiger partial charge in [-0.3, -0.25) is 38.0 Å². The van der Waals surface area contributed by atoms with Crippen molar-refractivity contribution in [1.82, 2.24) is 63.4 Å². The van der Waals surface area contributed by atoms with Crippen LogP contribution in [-0.2, 0) is 32.6 Å². The Balaban J connectivity index is 0.000000236. The number of halogens is 2. The zero-order valence-corrected chi connectivity index (χ0v) is 53.9. The fourth-order valence-electron chi connectivity index (χ4n) is 10.4. The number of aromatic carboxylic acids is 3. The van der Waals surface area contributed by atoms with E-state index in [4.69, 9.17) is 11.6 Å². The van der Waals surface area contributed by atoms with E-state index in [1.54, 1.807) is 20.6 Å². The molecule has 2 saturated heterocycles. The zero-order chi connectivity index (χ0) is 66.8. The van der Waals surface area contributed by atoms with Crippen molar-refractivity contribution in [2.75, 3.05) is 68.1 Å². The number of hydrogen-bond donors (Lipinski definition) is 6. The van der Waals surface area contributed by atoms with Crippen molar-refractivity contribution < 1.29 is 35.5 Å². The second-order valence-corrected chi connectivity index (χ2v) is 22.3. The molecule has 10 rings (SSSR count). The number of aromatic amines is 1. The van der Waals surface area contributed by atoms with Crippen molar-refractivity contribution in [2.45, 2.75) is 120 Å². The molecule has 0 amide bonds. The van der Waals surface area contributed by atoms with Crippen LogP contribution in [0.4, 0.5) is 27.8 Å². The summed E-state index contributed by atoms with van der Waals surface area (Å²) in [6, 6.07) is 7.93. The summed E-state index contributed by atoms with van der Waals surface area (Å²) in [6.07, 6.45) is 10.6. The molecule has 1 aromatic carbocycles. The molecule has 90 heavy (non-hydrogen) atoms. The highest BCUT2D eigenvalue weighted by Crippen LogP contribution is 2.22. The number of alkyl halides is 1. The maximum absolute atomic E-state index is 12.8. The number of rotatable bonds is 16. The van der Waals surface area contributed by atoms with E-state index in [1.165, 1.54) is 58.9 Å². The Bertz CT molecular complexity index is 4190. The number of benzene rings is 1. The number of anilines is 4. The molecule has 27 nitrogen and oxygen atoms in total. The number of H-pyrrole nitrogens is 1. The van der Waals surface area contributed by atoms with Crippen molar-refractivity contribution in [3.05, 3.63) is 147 Å². The third kappa shape index (κ3) is 16.9. The van der Waals surface area contributed by atoms with Gasteiger partial charge in [0.1, 0.15) is 45.3 Å². The van der Waals surface area contributed by atoms with E-state index < -0.39 is 47.0 Å². The molecule has 2 aliphatic heterocycles. The fourth-order valence-corrected chi connectivity index (χ4v) is 10.4. The summed E-state index contributed by atoms with van der Waals surface area (Å²) in [6.45, 7) is 24.9. The number of nitrogens with one attached hydrogen (secondary N) is 3. The van der Waals surface area contributed by atoms with Crippen molar-refractivity contribution in [3.63, 3.8) is 0 Å². The van der Waals surface area contributed by atoms with Crippen LogP contribution in [0.15, 0.2) is 85.4 Å². The molecule has 0 saturated carbocycles. The number of piperazine rings is 2.